The molecule has 2 aliphatic rings. The molecule has 5 nitrogen and oxygen atoms in total. The van der Waals surface area contributed by atoms with Gasteiger partial charge in [-0.15, -0.1) is 0 Å². The Labute approximate surface area is 129 Å². The number of nitrogens with one attached hydrogen (secondary N) is 1. The van der Waals surface area contributed by atoms with E-state index in [1.165, 1.54) is 19.3 Å². The molecule has 1 saturated carbocycles. The van der Waals surface area contributed by atoms with Crippen LogP contribution in [0.5, 0.6) is 0 Å². The SMILES string of the molecule is CCOCCC1(CNC(=NC)N(C)CC2CCOC2)CC1. The van der Waals surface area contributed by atoms with E-state index < -0.39 is 0 Å². The summed E-state index contributed by atoms with van der Waals surface area (Å²) in [7, 11) is 3.98. The zero-order chi connectivity index (χ0) is 15.1. The van der Waals surface area contributed by atoms with Gasteiger partial charge in [0.1, 0.15) is 0 Å². The van der Waals surface area contributed by atoms with Gasteiger partial charge in [-0.1, -0.05) is 0 Å². The number of aliphatic imine (C=N–C) groups is 1. The fraction of sp³-hybridized carbons (Fsp3) is 0.938. The summed E-state index contributed by atoms with van der Waals surface area (Å²) in [5.74, 6) is 1.64. The lowest BCUT2D eigenvalue weighted by molar-refractivity contribution is 0.128. The molecule has 0 aromatic carbocycles. The van der Waals surface area contributed by atoms with Crippen LogP contribution in [-0.4, -0.2) is 64.5 Å². The fourth-order valence-electron chi connectivity index (χ4n) is 2.98. The van der Waals surface area contributed by atoms with Crippen molar-refractivity contribution < 1.29 is 9.47 Å². The van der Waals surface area contributed by atoms with Gasteiger partial charge in [0.25, 0.3) is 0 Å². The van der Waals surface area contributed by atoms with Crippen LogP contribution in [0.3, 0.4) is 0 Å². The molecule has 1 atom stereocenters. The number of ether oxygens (including phenoxy) is 2. The minimum atomic E-state index is 0.447. The molecule has 0 bridgehead atoms. The summed E-state index contributed by atoms with van der Waals surface area (Å²) in [4.78, 5) is 6.65. The Morgan fingerprint density at radius 3 is 2.86 bits per heavy atom. The average Bonchev–Trinajstić information content (AvgIpc) is 3.05. The summed E-state index contributed by atoms with van der Waals surface area (Å²) in [5, 5.41) is 3.55. The normalized spacial score (nSPS) is 24.1. The maximum absolute atomic E-state index is 5.50. The van der Waals surface area contributed by atoms with Crippen LogP contribution < -0.4 is 5.32 Å². The molecule has 2 fully saturated rings. The van der Waals surface area contributed by atoms with Gasteiger partial charge in [-0.3, -0.25) is 4.99 Å². The lowest BCUT2D eigenvalue weighted by Crippen LogP contribution is -2.43. The van der Waals surface area contributed by atoms with E-state index in [1.807, 2.05) is 7.05 Å². The van der Waals surface area contributed by atoms with Crippen molar-refractivity contribution in [1.29, 1.82) is 0 Å². The predicted molar refractivity (Wildman–Crippen MR) is 85.7 cm³/mol. The molecule has 1 heterocycles. The van der Waals surface area contributed by atoms with Crippen LogP contribution >= 0.6 is 0 Å². The van der Waals surface area contributed by atoms with E-state index in [1.54, 1.807) is 0 Å². The number of hydrogen-bond donors (Lipinski definition) is 1. The second kappa shape index (κ2) is 7.99. The number of nitrogens with zero attached hydrogens (tertiary/aromatic N) is 2. The molecular weight excluding hydrogens is 266 g/mol. The highest BCUT2D eigenvalue weighted by Crippen LogP contribution is 2.48. The van der Waals surface area contributed by atoms with Gasteiger partial charge in [0.15, 0.2) is 5.96 Å². The van der Waals surface area contributed by atoms with Crippen LogP contribution in [-0.2, 0) is 9.47 Å². The Hall–Kier alpha value is -0.810. The molecule has 21 heavy (non-hydrogen) atoms. The summed E-state index contributed by atoms with van der Waals surface area (Å²) < 4.78 is 10.9. The topological polar surface area (TPSA) is 46.1 Å². The van der Waals surface area contributed by atoms with Crippen molar-refractivity contribution >= 4 is 5.96 Å². The minimum Gasteiger partial charge on any atom is -0.382 e. The lowest BCUT2D eigenvalue weighted by Gasteiger charge is -2.26. The molecule has 0 amide bonds. The number of hydrogen-bond acceptors (Lipinski definition) is 3. The first-order valence-electron chi connectivity index (χ1n) is 8.26. The fourth-order valence-corrected chi connectivity index (χ4v) is 2.98. The highest BCUT2D eigenvalue weighted by molar-refractivity contribution is 5.79. The lowest BCUT2D eigenvalue weighted by atomic mass is 10.0. The molecule has 0 aromatic heterocycles. The van der Waals surface area contributed by atoms with Crippen LogP contribution in [0.15, 0.2) is 4.99 Å². The standard InChI is InChI=1S/C16H31N3O2/c1-4-20-10-8-16(6-7-16)13-18-15(17-2)19(3)11-14-5-9-21-12-14/h14H,4-13H2,1-3H3,(H,17,18). The van der Waals surface area contributed by atoms with E-state index in [2.05, 4.69) is 29.2 Å². The van der Waals surface area contributed by atoms with Crippen LogP contribution in [0.1, 0.15) is 32.6 Å². The Morgan fingerprint density at radius 1 is 1.48 bits per heavy atom. The first kappa shape index (κ1) is 16.6. The van der Waals surface area contributed by atoms with E-state index >= 15 is 0 Å². The molecule has 1 aliphatic heterocycles. The minimum absolute atomic E-state index is 0.447. The van der Waals surface area contributed by atoms with Crippen molar-refractivity contribution in [3.05, 3.63) is 0 Å². The molecular formula is C16H31N3O2. The Bertz CT molecular complexity index is 336. The molecule has 1 saturated heterocycles. The Morgan fingerprint density at radius 2 is 2.29 bits per heavy atom. The molecule has 122 valence electrons. The largest absolute Gasteiger partial charge is 0.382 e. The molecule has 0 radical (unpaired) electrons. The molecule has 1 N–H and O–H groups in total. The maximum Gasteiger partial charge on any atom is 0.193 e. The summed E-state index contributed by atoms with van der Waals surface area (Å²) in [6, 6.07) is 0. The highest BCUT2D eigenvalue weighted by atomic mass is 16.5. The van der Waals surface area contributed by atoms with Gasteiger partial charge in [0, 0.05) is 52.9 Å². The highest BCUT2D eigenvalue weighted by Gasteiger charge is 2.42. The van der Waals surface area contributed by atoms with Gasteiger partial charge in [0.2, 0.25) is 0 Å². The molecule has 2 rings (SSSR count). The molecule has 0 spiro atoms. The maximum atomic E-state index is 5.50. The number of rotatable bonds is 8. The second-order valence-corrected chi connectivity index (χ2v) is 6.46. The Balaban J connectivity index is 1.71. The van der Waals surface area contributed by atoms with Gasteiger partial charge < -0.3 is 19.7 Å². The van der Waals surface area contributed by atoms with Crippen molar-refractivity contribution in [3.63, 3.8) is 0 Å². The van der Waals surface area contributed by atoms with E-state index in [4.69, 9.17) is 9.47 Å². The summed E-state index contributed by atoms with van der Waals surface area (Å²) in [6.45, 7) is 7.58. The zero-order valence-corrected chi connectivity index (χ0v) is 13.9. The zero-order valence-electron chi connectivity index (χ0n) is 13.9. The molecule has 5 heteroatoms. The van der Waals surface area contributed by atoms with Crippen LogP contribution in [0, 0.1) is 11.3 Å². The van der Waals surface area contributed by atoms with E-state index in [0.717, 1.165) is 51.9 Å². The third-order valence-electron chi connectivity index (χ3n) is 4.69. The van der Waals surface area contributed by atoms with Gasteiger partial charge in [-0.2, -0.15) is 0 Å². The van der Waals surface area contributed by atoms with Crippen LogP contribution in [0.4, 0.5) is 0 Å². The average molecular weight is 297 g/mol. The first-order valence-corrected chi connectivity index (χ1v) is 8.26. The predicted octanol–water partition coefficient (Wildman–Crippen LogP) is 1.74. The van der Waals surface area contributed by atoms with E-state index in [9.17, 15) is 0 Å². The van der Waals surface area contributed by atoms with Gasteiger partial charge in [-0.25, -0.2) is 0 Å². The van der Waals surface area contributed by atoms with Crippen molar-refractivity contribution in [3.8, 4) is 0 Å². The molecule has 1 unspecified atom stereocenters. The van der Waals surface area contributed by atoms with Crippen molar-refractivity contribution in [2.45, 2.75) is 32.6 Å². The quantitative estimate of drug-likeness (QED) is 0.421. The molecule has 1 aliphatic carbocycles. The van der Waals surface area contributed by atoms with E-state index in [0.29, 0.717) is 11.3 Å². The third-order valence-corrected chi connectivity index (χ3v) is 4.69. The summed E-state index contributed by atoms with van der Waals surface area (Å²) in [5.41, 5.74) is 0.447. The van der Waals surface area contributed by atoms with E-state index in [-0.39, 0.29) is 0 Å². The van der Waals surface area contributed by atoms with Gasteiger partial charge in [0.05, 0.1) is 6.61 Å². The Kier molecular flexibility index (Phi) is 6.30. The van der Waals surface area contributed by atoms with Gasteiger partial charge in [-0.05, 0) is 38.0 Å². The van der Waals surface area contributed by atoms with Crippen molar-refractivity contribution in [2.75, 3.05) is 53.6 Å². The van der Waals surface area contributed by atoms with Crippen LogP contribution in [0.25, 0.3) is 0 Å². The smallest absolute Gasteiger partial charge is 0.193 e. The monoisotopic (exact) mass is 297 g/mol. The number of guanidine groups is 1. The second-order valence-electron chi connectivity index (χ2n) is 6.46. The molecule has 0 aromatic rings. The summed E-state index contributed by atoms with van der Waals surface area (Å²) >= 11 is 0. The summed E-state index contributed by atoms with van der Waals surface area (Å²) in [6.07, 6.45) is 4.94. The van der Waals surface area contributed by atoms with Gasteiger partial charge >= 0.3 is 0 Å². The third kappa shape index (κ3) is 5.15. The van der Waals surface area contributed by atoms with Crippen LogP contribution in [0.2, 0.25) is 0 Å². The van der Waals surface area contributed by atoms with Crippen molar-refractivity contribution in [1.82, 2.24) is 10.2 Å². The van der Waals surface area contributed by atoms with Crippen molar-refractivity contribution in [2.24, 2.45) is 16.3 Å². The first-order chi connectivity index (χ1) is 10.2.